The standard InChI is InChI=1S/C34H60N2O17/c37-31(3-6-36-32(38)1-2-33(36)39)35-5-8-43-10-12-45-14-16-47-18-20-49-22-24-51-26-28-53-30-29-52-27-25-50-23-21-48-19-17-46-15-13-44-11-9-42-7-4-34(40)41/h1-2H,3-30H2,(H,35,37)(H,40,41). The molecule has 0 aromatic rings. The maximum Gasteiger partial charge on any atom is 0.305 e. The summed E-state index contributed by atoms with van der Waals surface area (Å²) in [5.41, 5.74) is 0. The van der Waals surface area contributed by atoms with Crippen LogP contribution in [-0.4, -0.2) is 205 Å². The van der Waals surface area contributed by atoms with Crippen LogP contribution in [0.4, 0.5) is 0 Å². The number of carbonyl (C=O) groups excluding carboxylic acids is 3. The second kappa shape index (κ2) is 37.6. The van der Waals surface area contributed by atoms with Crippen molar-refractivity contribution < 1.29 is 81.1 Å². The van der Waals surface area contributed by atoms with E-state index in [1.165, 1.54) is 12.2 Å². The summed E-state index contributed by atoms with van der Waals surface area (Å²) >= 11 is 0. The number of imide groups is 1. The second-order valence-corrected chi connectivity index (χ2v) is 10.8. The number of rotatable bonds is 42. The molecule has 1 aliphatic heterocycles. The normalized spacial score (nSPS) is 12.7. The maximum atomic E-state index is 11.8. The van der Waals surface area contributed by atoms with E-state index in [0.717, 1.165) is 4.90 Å². The largest absolute Gasteiger partial charge is 0.481 e. The Morgan fingerprint density at radius 3 is 0.981 bits per heavy atom. The Morgan fingerprint density at radius 1 is 0.434 bits per heavy atom. The minimum Gasteiger partial charge on any atom is -0.481 e. The molecule has 1 aliphatic rings. The van der Waals surface area contributed by atoms with Crippen LogP contribution in [0.1, 0.15) is 12.8 Å². The number of carbonyl (C=O) groups is 4. The van der Waals surface area contributed by atoms with Gasteiger partial charge in [0.1, 0.15) is 0 Å². The van der Waals surface area contributed by atoms with Crippen molar-refractivity contribution in [3.8, 4) is 0 Å². The Labute approximate surface area is 311 Å². The third kappa shape index (κ3) is 33.6. The zero-order chi connectivity index (χ0) is 38.3. The molecule has 0 saturated carbocycles. The van der Waals surface area contributed by atoms with Gasteiger partial charge in [0.25, 0.3) is 11.8 Å². The number of nitrogens with one attached hydrogen (secondary N) is 1. The van der Waals surface area contributed by atoms with Crippen molar-refractivity contribution in [2.75, 3.05) is 172 Å². The van der Waals surface area contributed by atoms with Crippen molar-refractivity contribution in [2.45, 2.75) is 12.8 Å². The molecule has 0 radical (unpaired) electrons. The first-order valence-corrected chi connectivity index (χ1v) is 18.0. The van der Waals surface area contributed by atoms with Gasteiger partial charge in [-0.1, -0.05) is 0 Å². The molecule has 0 spiro atoms. The number of ether oxygens (including phenoxy) is 12. The van der Waals surface area contributed by atoms with Gasteiger partial charge in [0, 0.05) is 31.7 Å². The maximum absolute atomic E-state index is 11.8. The van der Waals surface area contributed by atoms with Crippen molar-refractivity contribution in [3.63, 3.8) is 0 Å². The third-order valence-corrected chi connectivity index (χ3v) is 6.58. The molecule has 0 bridgehead atoms. The lowest BCUT2D eigenvalue weighted by Crippen LogP contribution is -2.35. The highest BCUT2D eigenvalue weighted by molar-refractivity contribution is 6.13. The van der Waals surface area contributed by atoms with E-state index in [1.54, 1.807) is 0 Å². The molecule has 53 heavy (non-hydrogen) atoms. The predicted molar refractivity (Wildman–Crippen MR) is 186 cm³/mol. The zero-order valence-corrected chi connectivity index (χ0v) is 30.9. The molecule has 1 rings (SSSR count). The summed E-state index contributed by atoms with van der Waals surface area (Å²) in [6, 6.07) is 0. The number of carboxylic acid groups (broad SMARTS) is 1. The second-order valence-electron chi connectivity index (χ2n) is 10.8. The molecule has 0 aromatic heterocycles. The Balaban J connectivity index is 1.64. The summed E-state index contributed by atoms with van der Waals surface area (Å²) in [5.74, 6) is -1.94. The molecule has 0 unspecified atom stereocenters. The van der Waals surface area contributed by atoms with Crippen LogP contribution in [0.3, 0.4) is 0 Å². The molecule has 1 heterocycles. The first-order chi connectivity index (χ1) is 26.0. The van der Waals surface area contributed by atoms with Gasteiger partial charge < -0.3 is 67.3 Å². The minimum atomic E-state index is -0.882. The first kappa shape index (κ1) is 48.4. The lowest BCUT2D eigenvalue weighted by molar-refractivity contribution is -0.139. The van der Waals surface area contributed by atoms with Crippen LogP contribution >= 0.6 is 0 Å². The summed E-state index contributed by atoms with van der Waals surface area (Å²) < 4.78 is 64.8. The van der Waals surface area contributed by atoms with Crippen LogP contribution in [0.25, 0.3) is 0 Å². The van der Waals surface area contributed by atoms with E-state index >= 15 is 0 Å². The summed E-state index contributed by atoms with van der Waals surface area (Å²) in [4.78, 5) is 46.1. The molecule has 2 N–H and O–H groups in total. The summed E-state index contributed by atoms with van der Waals surface area (Å²) in [6.45, 7) is 10.7. The van der Waals surface area contributed by atoms with Crippen LogP contribution in [0.15, 0.2) is 12.2 Å². The molecule has 0 aromatic carbocycles. The summed E-state index contributed by atoms with van der Waals surface area (Å²) in [6.07, 6.45) is 2.42. The van der Waals surface area contributed by atoms with Crippen LogP contribution < -0.4 is 5.32 Å². The van der Waals surface area contributed by atoms with Gasteiger partial charge in [0.2, 0.25) is 5.91 Å². The van der Waals surface area contributed by atoms with Gasteiger partial charge in [-0.2, -0.15) is 0 Å². The van der Waals surface area contributed by atoms with E-state index in [1.807, 2.05) is 0 Å². The van der Waals surface area contributed by atoms with E-state index in [2.05, 4.69) is 5.32 Å². The van der Waals surface area contributed by atoms with E-state index in [0.29, 0.717) is 159 Å². The Hall–Kier alpha value is -2.66. The Kier molecular flexibility index (Phi) is 34.4. The van der Waals surface area contributed by atoms with Crippen molar-refractivity contribution in [2.24, 2.45) is 0 Å². The van der Waals surface area contributed by atoms with Gasteiger partial charge in [0.15, 0.2) is 0 Å². The van der Waals surface area contributed by atoms with Crippen molar-refractivity contribution in [1.29, 1.82) is 0 Å². The van der Waals surface area contributed by atoms with Gasteiger partial charge >= 0.3 is 5.97 Å². The molecule has 0 atom stereocenters. The van der Waals surface area contributed by atoms with E-state index in [9.17, 15) is 19.2 Å². The van der Waals surface area contributed by atoms with E-state index in [4.69, 9.17) is 61.9 Å². The molecule has 308 valence electrons. The number of hydrogen-bond donors (Lipinski definition) is 2. The number of hydrogen-bond acceptors (Lipinski definition) is 16. The SMILES string of the molecule is O=C(O)CCOCCOCCOCCOCCOCCOCCOCCOCCOCCOCCOCCOCCNC(=O)CCN1C(=O)C=CC1=O. The molecule has 3 amide bonds. The highest BCUT2D eigenvalue weighted by Gasteiger charge is 2.23. The molecule has 0 aliphatic carbocycles. The summed E-state index contributed by atoms with van der Waals surface area (Å²) in [7, 11) is 0. The average molecular weight is 769 g/mol. The Bertz CT molecular complexity index is 925. The number of aliphatic carboxylic acids is 1. The number of nitrogens with zero attached hydrogens (tertiary/aromatic N) is 1. The number of amides is 3. The minimum absolute atomic E-state index is 0.0110. The fraction of sp³-hybridized carbons (Fsp3) is 0.824. The third-order valence-electron chi connectivity index (χ3n) is 6.58. The fourth-order valence-electron chi connectivity index (χ4n) is 3.90. The molecular formula is C34H60N2O17. The highest BCUT2D eigenvalue weighted by Crippen LogP contribution is 2.04. The average Bonchev–Trinajstić information content (AvgIpc) is 3.47. The molecule has 0 fully saturated rings. The van der Waals surface area contributed by atoms with Crippen molar-refractivity contribution >= 4 is 23.7 Å². The van der Waals surface area contributed by atoms with Gasteiger partial charge in [-0.05, 0) is 0 Å². The fourth-order valence-corrected chi connectivity index (χ4v) is 3.90. The van der Waals surface area contributed by atoms with Crippen LogP contribution in [-0.2, 0) is 76.0 Å². The smallest absolute Gasteiger partial charge is 0.305 e. The van der Waals surface area contributed by atoms with Gasteiger partial charge in [-0.15, -0.1) is 0 Å². The van der Waals surface area contributed by atoms with Crippen LogP contribution in [0, 0.1) is 0 Å². The molecule has 0 saturated heterocycles. The lowest BCUT2D eigenvalue weighted by Gasteiger charge is -2.13. The highest BCUT2D eigenvalue weighted by atomic mass is 16.6. The van der Waals surface area contributed by atoms with Gasteiger partial charge in [-0.3, -0.25) is 24.1 Å². The van der Waals surface area contributed by atoms with E-state index < -0.39 is 17.8 Å². The molecular weight excluding hydrogens is 708 g/mol. The van der Waals surface area contributed by atoms with Crippen molar-refractivity contribution in [3.05, 3.63) is 12.2 Å². The Morgan fingerprint density at radius 2 is 0.698 bits per heavy atom. The molecule has 19 heteroatoms. The van der Waals surface area contributed by atoms with Crippen molar-refractivity contribution in [1.82, 2.24) is 10.2 Å². The van der Waals surface area contributed by atoms with Gasteiger partial charge in [0.05, 0.1) is 165 Å². The predicted octanol–water partition coefficient (Wildman–Crippen LogP) is -0.908. The van der Waals surface area contributed by atoms with Crippen LogP contribution in [0.5, 0.6) is 0 Å². The number of carboxylic acids is 1. The quantitative estimate of drug-likeness (QED) is 0.0568. The van der Waals surface area contributed by atoms with Gasteiger partial charge in [-0.25, -0.2) is 0 Å². The zero-order valence-electron chi connectivity index (χ0n) is 30.9. The topological polar surface area (TPSA) is 215 Å². The van der Waals surface area contributed by atoms with E-state index in [-0.39, 0.29) is 31.9 Å². The monoisotopic (exact) mass is 768 g/mol. The lowest BCUT2D eigenvalue weighted by atomic mass is 10.3. The molecule has 19 nitrogen and oxygen atoms in total. The van der Waals surface area contributed by atoms with Crippen LogP contribution in [0.2, 0.25) is 0 Å². The first-order valence-electron chi connectivity index (χ1n) is 18.0. The summed E-state index contributed by atoms with van der Waals surface area (Å²) in [5, 5.41) is 11.2.